The van der Waals surface area contributed by atoms with Crippen LogP contribution in [0.1, 0.15) is 19.3 Å². The third kappa shape index (κ3) is 3.25. The molecule has 0 saturated carbocycles. The summed E-state index contributed by atoms with van der Waals surface area (Å²) in [6, 6.07) is 0. The molecule has 0 aromatic heterocycles. The van der Waals surface area contributed by atoms with Crippen LogP contribution in [0.3, 0.4) is 0 Å². The van der Waals surface area contributed by atoms with E-state index in [0.29, 0.717) is 0 Å². The van der Waals surface area contributed by atoms with Gasteiger partial charge in [-0.2, -0.15) is 0 Å². The first-order chi connectivity index (χ1) is 3.00. The van der Waals surface area contributed by atoms with Gasteiger partial charge < -0.3 is 5.32 Å². The van der Waals surface area contributed by atoms with Gasteiger partial charge in [-0.25, -0.2) is 0 Å². The Morgan fingerprint density at radius 2 is 1.43 bits per heavy atom. The standard InChI is InChI=1S/C5H10N.W/c1-2-4-6-5-3-1;/h1-5H2;/q-1;+2. The molecule has 7 heavy (non-hydrogen) atoms. The molecule has 1 aliphatic rings. The van der Waals surface area contributed by atoms with Crippen LogP contribution in [0.5, 0.6) is 0 Å². The second-order valence-corrected chi connectivity index (χ2v) is 1.73. The molecular weight excluding hydrogens is 258 g/mol. The van der Waals surface area contributed by atoms with Gasteiger partial charge in [-0.3, -0.25) is 0 Å². The summed E-state index contributed by atoms with van der Waals surface area (Å²) < 4.78 is 0. The topological polar surface area (TPSA) is 14.1 Å². The van der Waals surface area contributed by atoms with Crippen molar-refractivity contribution in [3.63, 3.8) is 0 Å². The van der Waals surface area contributed by atoms with E-state index in [1.807, 2.05) is 0 Å². The Morgan fingerprint density at radius 3 is 1.57 bits per heavy atom. The molecule has 0 aromatic rings. The second kappa shape index (κ2) is 4.80. The van der Waals surface area contributed by atoms with Gasteiger partial charge in [-0.05, 0) is 0 Å². The van der Waals surface area contributed by atoms with Crippen LogP contribution >= 0.6 is 0 Å². The zero-order chi connectivity index (χ0) is 4.24. The number of hydrogen-bond donors (Lipinski definition) is 0. The average Bonchev–Trinajstić information content (AvgIpc) is 1.72. The molecule has 1 rings (SSSR count). The molecule has 0 spiro atoms. The predicted molar refractivity (Wildman–Crippen MR) is 26.9 cm³/mol. The van der Waals surface area contributed by atoms with E-state index >= 15 is 0 Å². The quantitative estimate of drug-likeness (QED) is 0.632. The molecule has 1 aliphatic heterocycles. The van der Waals surface area contributed by atoms with Crippen LogP contribution in [0.15, 0.2) is 0 Å². The van der Waals surface area contributed by atoms with E-state index in [2.05, 4.69) is 5.32 Å². The van der Waals surface area contributed by atoms with Gasteiger partial charge in [-0.15, -0.1) is 13.1 Å². The zero-order valence-corrected chi connectivity index (χ0v) is 7.32. The van der Waals surface area contributed by atoms with Gasteiger partial charge in [0.15, 0.2) is 0 Å². The van der Waals surface area contributed by atoms with Crippen molar-refractivity contribution < 1.29 is 21.1 Å². The second-order valence-electron chi connectivity index (χ2n) is 1.73. The number of rotatable bonds is 0. The summed E-state index contributed by atoms with van der Waals surface area (Å²) >= 11 is 0. The van der Waals surface area contributed by atoms with Crippen LogP contribution < -0.4 is 0 Å². The largest absolute Gasteiger partial charge is 2.00 e. The van der Waals surface area contributed by atoms with Crippen LogP contribution in [0.2, 0.25) is 0 Å². The van der Waals surface area contributed by atoms with Crippen molar-refractivity contribution in [1.82, 2.24) is 0 Å². The normalized spacial score (nSPS) is 20.6. The fourth-order valence-electron chi connectivity index (χ4n) is 0.736. The summed E-state index contributed by atoms with van der Waals surface area (Å²) in [7, 11) is 0. The number of nitrogens with zero attached hydrogens (tertiary/aromatic N) is 1. The Morgan fingerprint density at radius 1 is 0.857 bits per heavy atom. The third-order valence-corrected chi connectivity index (χ3v) is 1.13. The molecule has 1 nitrogen and oxygen atoms in total. The van der Waals surface area contributed by atoms with E-state index in [-0.39, 0.29) is 21.1 Å². The Hall–Kier alpha value is 0.648. The SMILES string of the molecule is C1CC[N-]CC1.[W+2]. The Labute approximate surface area is 59.1 Å². The fraction of sp³-hybridized carbons (Fsp3) is 1.00. The van der Waals surface area contributed by atoms with Gasteiger partial charge in [0.1, 0.15) is 0 Å². The van der Waals surface area contributed by atoms with Gasteiger partial charge >= 0.3 is 21.1 Å². The van der Waals surface area contributed by atoms with Crippen LogP contribution in [-0.4, -0.2) is 13.1 Å². The van der Waals surface area contributed by atoms with E-state index in [1.54, 1.807) is 0 Å². The van der Waals surface area contributed by atoms with Gasteiger partial charge in [0.05, 0.1) is 0 Å². The van der Waals surface area contributed by atoms with E-state index in [9.17, 15) is 0 Å². The van der Waals surface area contributed by atoms with Gasteiger partial charge in [0.2, 0.25) is 0 Å². The number of hydrogen-bond acceptors (Lipinski definition) is 0. The summed E-state index contributed by atoms with van der Waals surface area (Å²) in [5.41, 5.74) is 0. The minimum Gasteiger partial charge on any atom is -0.662 e. The molecule has 0 amide bonds. The minimum absolute atomic E-state index is 0. The van der Waals surface area contributed by atoms with E-state index in [1.165, 1.54) is 19.3 Å². The van der Waals surface area contributed by atoms with E-state index in [4.69, 9.17) is 0 Å². The van der Waals surface area contributed by atoms with Crippen molar-refractivity contribution in [1.29, 1.82) is 0 Å². The molecule has 0 unspecified atom stereocenters. The Kier molecular flexibility index (Phi) is 5.24. The van der Waals surface area contributed by atoms with E-state index < -0.39 is 0 Å². The van der Waals surface area contributed by atoms with Gasteiger partial charge in [0.25, 0.3) is 0 Å². The summed E-state index contributed by atoms with van der Waals surface area (Å²) in [4.78, 5) is 0. The molecule has 0 atom stereocenters. The van der Waals surface area contributed by atoms with Crippen molar-refractivity contribution in [2.45, 2.75) is 19.3 Å². The average molecular weight is 268 g/mol. The molecule has 0 N–H and O–H groups in total. The van der Waals surface area contributed by atoms with Gasteiger partial charge in [0, 0.05) is 0 Å². The van der Waals surface area contributed by atoms with E-state index in [0.717, 1.165) is 13.1 Å². The fourth-order valence-corrected chi connectivity index (χ4v) is 0.736. The molecule has 40 valence electrons. The molecule has 2 heteroatoms. The smallest absolute Gasteiger partial charge is 0.662 e. The summed E-state index contributed by atoms with van der Waals surface area (Å²) in [5.74, 6) is 0. The molecule has 0 bridgehead atoms. The summed E-state index contributed by atoms with van der Waals surface area (Å²) in [6.45, 7) is 2.25. The molecule has 1 heterocycles. The van der Waals surface area contributed by atoms with Crippen LogP contribution in [0.25, 0.3) is 5.32 Å². The monoisotopic (exact) mass is 268 g/mol. The summed E-state index contributed by atoms with van der Waals surface area (Å²) in [6.07, 6.45) is 4.07. The van der Waals surface area contributed by atoms with Gasteiger partial charge in [-0.1, -0.05) is 19.3 Å². The van der Waals surface area contributed by atoms with Crippen molar-refractivity contribution >= 4 is 0 Å². The van der Waals surface area contributed by atoms with Crippen molar-refractivity contribution in [3.8, 4) is 0 Å². The Balaban J connectivity index is 0.000000360. The van der Waals surface area contributed by atoms with Crippen molar-refractivity contribution in [2.24, 2.45) is 0 Å². The van der Waals surface area contributed by atoms with Crippen molar-refractivity contribution in [3.05, 3.63) is 5.32 Å². The maximum Gasteiger partial charge on any atom is 2.00 e. The molecule has 0 aromatic carbocycles. The maximum absolute atomic E-state index is 4.18. The summed E-state index contributed by atoms with van der Waals surface area (Å²) in [5, 5.41) is 4.18. The minimum atomic E-state index is 0. The Bertz CT molecular complexity index is 23.6. The molecular formula is C5H10NW+. The molecule has 0 radical (unpaired) electrons. The third-order valence-electron chi connectivity index (χ3n) is 1.13. The zero-order valence-electron chi connectivity index (χ0n) is 4.39. The predicted octanol–water partition coefficient (Wildman–Crippen LogP) is 1.54. The van der Waals surface area contributed by atoms with Crippen LogP contribution in [-0.2, 0) is 21.1 Å². The molecule has 1 saturated heterocycles. The molecule has 1 fully saturated rings. The van der Waals surface area contributed by atoms with Crippen LogP contribution in [0, 0.1) is 0 Å². The first kappa shape index (κ1) is 7.65. The maximum atomic E-state index is 4.18. The van der Waals surface area contributed by atoms with Crippen molar-refractivity contribution in [2.75, 3.05) is 13.1 Å². The van der Waals surface area contributed by atoms with Crippen LogP contribution in [0.4, 0.5) is 0 Å². The first-order valence-electron chi connectivity index (χ1n) is 2.63. The number of piperidine rings is 1. The first-order valence-corrected chi connectivity index (χ1v) is 2.63. The molecule has 0 aliphatic carbocycles.